The van der Waals surface area contributed by atoms with E-state index in [9.17, 15) is 5.11 Å². The van der Waals surface area contributed by atoms with E-state index in [1.165, 1.54) is 0 Å². The van der Waals surface area contributed by atoms with Crippen LogP contribution in [0.2, 0.25) is 0 Å². The third-order valence-corrected chi connectivity index (χ3v) is 3.01. The van der Waals surface area contributed by atoms with Crippen molar-refractivity contribution < 1.29 is 5.11 Å². The summed E-state index contributed by atoms with van der Waals surface area (Å²) in [6, 6.07) is 7.71. The Kier molecular flexibility index (Phi) is 3.34. The first-order valence-corrected chi connectivity index (χ1v) is 5.93. The zero-order chi connectivity index (χ0) is 13.2. The molecular formula is C13H18N4O. The summed E-state index contributed by atoms with van der Waals surface area (Å²) in [6.07, 6.45) is 3.42. The van der Waals surface area contributed by atoms with Gasteiger partial charge >= 0.3 is 0 Å². The van der Waals surface area contributed by atoms with Gasteiger partial charge in [0.1, 0.15) is 0 Å². The van der Waals surface area contributed by atoms with E-state index in [1.54, 1.807) is 30.9 Å². The molecule has 2 rings (SSSR count). The molecule has 96 valence electrons. The maximum Gasteiger partial charge on any atom is 0.0894 e. The maximum absolute atomic E-state index is 9.97. The van der Waals surface area contributed by atoms with Gasteiger partial charge in [-0.25, -0.2) is 4.68 Å². The van der Waals surface area contributed by atoms with E-state index in [0.717, 1.165) is 11.4 Å². The van der Waals surface area contributed by atoms with E-state index in [2.05, 4.69) is 15.6 Å². The number of nitrogens with one attached hydrogen (secondary N) is 1. The van der Waals surface area contributed by atoms with Crippen LogP contribution in [0.1, 0.15) is 20.8 Å². The van der Waals surface area contributed by atoms with Gasteiger partial charge in [-0.2, -0.15) is 0 Å². The second kappa shape index (κ2) is 4.78. The lowest BCUT2D eigenvalue weighted by Crippen LogP contribution is -2.39. The Morgan fingerprint density at radius 2 is 2.06 bits per heavy atom. The number of benzene rings is 1. The predicted octanol–water partition coefficient (Wildman–Crippen LogP) is 1.84. The second-order valence-corrected chi connectivity index (χ2v) is 4.88. The van der Waals surface area contributed by atoms with E-state index in [-0.39, 0.29) is 6.04 Å². The van der Waals surface area contributed by atoms with Crippen molar-refractivity contribution in [3.63, 3.8) is 0 Å². The summed E-state index contributed by atoms with van der Waals surface area (Å²) < 4.78 is 1.69. The molecule has 5 heteroatoms. The molecular weight excluding hydrogens is 228 g/mol. The van der Waals surface area contributed by atoms with Crippen LogP contribution < -0.4 is 5.32 Å². The van der Waals surface area contributed by atoms with Gasteiger partial charge in [0, 0.05) is 0 Å². The number of aromatic nitrogens is 3. The van der Waals surface area contributed by atoms with Crippen LogP contribution in [0.25, 0.3) is 5.69 Å². The predicted molar refractivity (Wildman–Crippen MR) is 70.7 cm³/mol. The minimum atomic E-state index is -0.796. The third-order valence-electron chi connectivity index (χ3n) is 3.01. The molecule has 2 aromatic rings. The van der Waals surface area contributed by atoms with Gasteiger partial charge in [-0.1, -0.05) is 17.3 Å². The fourth-order valence-electron chi connectivity index (χ4n) is 1.54. The van der Waals surface area contributed by atoms with Crippen molar-refractivity contribution in [3.05, 3.63) is 36.7 Å². The minimum Gasteiger partial charge on any atom is -0.388 e. The Balaban J connectivity index is 2.29. The smallest absolute Gasteiger partial charge is 0.0894 e. The Morgan fingerprint density at radius 3 is 2.67 bits per heavy atom. The van der Waals surface area contributed by atoms with Gasteiger partial charge in [-0.3, -0.25) is 0 Å². The number of para-hydroxylation sites is 2. The molecule has 1 aromatic heterocycles. The van der Waals surface area contributed by atoms with E-state index < -0.39 is 5.60 Å². The summed E-state index contributed by atoms with van der Waals surface area (Å²) in [6.45, 7) is 5.50. The molecule has 0 amide bonds. The topological polar surface area (TPSA) is 63.0 Å². The first-order chi connectivity index (χ1) is 8.48. The highest BCUT2D eigenvalue weighted by Crippen LogP contribution is 2.22. The number of hydrogen-bond acceptors (Lipinski definition) is 4. The standard InChI is InChI=1S/C13H18N4O/c1-10(13(2,3)18)15-11-6-4-5-7-12(11)17-9-8-14-16-17/h4-10,15,18H,1-3H3. The summed E-state index contributed by atoms with van der Waals surface area (Å²) >= 11 is 0. The molecule has 18 heavy (non-hydrogen) atoms. The average Bonchev–Trinajstić information content (AvgIpc) is 2.82. The highest BCUT2D eigenvalue weighted by Gasteiger charge is 2.22. The summed E-state index contributed by atoms with van der Waals surface area (Å²) in [5, 5.41) is 21.1. The summed E-state index contributed by atoms with van der Waals surface area (Å²) in [5.74, 6) is 0. The molecule has 0 radical (unpaired) electrons. The fourth-order valence-corrected chi connectivity index (χ4v) is 1.54. The lowest BCUT2D eigenvalue weighted by atomic mass is 10.0. The number of anilines is 1. The van der Waals surface area contributed by atoms with Crippen LogP contribution in [0.15, 0.2) is 36.7 Å². The van der Waals surface area contributed by atoms with Crippen molar-refractivity contribution in [1.82, 2.24) is 15.0 Å². The fraction of sp³-hybridized carbons (Fsp3) is 0.385. The van der Waals surface area contributed by atoms with Gasteiger partial charge in [0.15, 0.2) is 0 Å². The molecule has 0 aliphatic carbocycles. The van der Waals surface area contributed by atoms with Crippen molar-refractivity contribution in [2.75, 3.05) is 5.32 Å². The minimum absolute atomic E-state index is 0.0813. The number of nitrogens with zero attached hydrogens (tertiary/aromatic N) is 3. The molecule has 5 nitrogen and oxygen atoms in total. The zero-order valence-corrected chi connectivity index (χ0v) is 10.8. The Morgan fingerprint density at radius 1 is 1.33 bits per heavy atom. The molecule has 0 aliphatic heterocycles. The van der Waals surface area contributed by atoms with Gasteiger partial charge in [-0.05, 0) is 32.9 Å². The van der Waals surface area contributed by atoms with E-state index in [0.29, 0.717) is 0 Å². The van der Waals surface area contributed by atoms with Crippen LogP contribution in [0.3, 0.4) is 0 Å². The molecule has 1 heterocycles. The van der Waals surface area contributed by atoms with Crippen molar-refractivity contribution in [1.29, 1.82) is 0 Å². The number of aliphatic hydroxyl groups is 1. The summed E-state index contributed by atoms with van der Waals surface area (Å²) in [7, 11) is 0. The van der Waals surface area contributed by atoms with E-state index in [1.807, 2.05) is 31.2 Å². The van der Waals surface area contributed by atoms with Gasteiger partial charge in [0.25, 0.3) is 0 Å². The van der Waals surface area contributed by atoms with Crippen LogP contribution in [0.4, 0.5) is 5.69 Å². The van der Waals surface area contributed by atoms with Crippen molar-refractivity contribution in [2.24, 2.45) is 0 Å². The molecule has 1 atom stereocenters. The van der Waals surface area contributed by atoms with Crippen LogP contribution in [0, 0.1) is 0 Å². The van der Waals surface area contributed by atoms with Crippen molar-refractivity contribution >= 4 is 5.69 Å². The summed E-state index contributed by atoms with van der Waals surface area (Å²) in [5.41, 5.74) is 1.03. The second-order valence-electron chi connectivity index (χ2n) is 4.88. The van der Waals surface area contributed by atoms with E-state index >= 15 is 0 Å². The normalized spacial score (nSPS) is 13.3. The van der Waals surface area contributed by atoms with Crippen LogP contribution >= 0.6 is 0 Å². The van der Waals surface area contributed by atoms with Crippen molar-refractivity contribution in [3.8, 4) is 5.69 Å². The molecule has 1 aromatic carbocycles. The van der Waals surface area contributed by atoms with Crippen LogP contribution in [0.5, 0.6) is 0 Å². The SMILES string of the molecule is CC(Nc1ccccc1-n1ccnn1)C(C)(C)O. The van der Waals surface area contributed by atoms with Crippen LogP contribution in [-0.2, 0) is 0 Å². The largest absolute Gasteiger partial charge is 0.388 e. The van der Waals surface area contributed by atoms with Gasteiger partial charge in [0.05, 0.1) is 35.4 Å². The average molecular weight is 246 g/mol. The molecule has 0 bridgehead atoms. The third kappa shape index (κ3) is 2.68. The Hall–Kier alpha value is -1.88. The number of rotatable bonds is 4. The lowest BCUT2D eigenvalue weighted by Gasteiger charge is -2.28. The van der Waals surface area contributed by atoms with E-state index in [4.69, 9.17) is 0 Å². The highest BCUT2D eigenvalue weighted by molar-refractivity contribution is 5.61. The highest BCUT2D eigenvalue weighted by atomic mass is 16.3. The quantitative estimate of drug-likeness (QED) is 0.864. The molecule has 0 aliphatic rings. The molecule has 2 N–H and O–H groups in total. The molecule has 0 saturated carbocycles. The zero-order valence-electron chi connectivity index (χ0n) is 10.8. The summed E-state index contributed by atoms with van der Waals surface area (Å²) in [4.78, 5) is 0. The lowest BCUT2D eigenvalue weighted by molar-refractivity contribution is 0.0649. The molecule has 0 fully saturated rings. The van der Waals surface area contributed by atoms with Gasteiger partial charge in [0.2, 0.25) is 0 Å². The Labute approximate surface area is 106 Å². The van der Waals surface area contributed by atoms with Gasteiger partial charge in [-0.15, -0.1) is 5.10 Å². The molecule has 1 unspecified atom stereocenters. The monoisotopic (exact) mass is 246 g/mol. The molecule has 0 spiro atoms. The number of hydrogen-bond donors (Lipinski definition) is 2. The first kappa shape index (κ1) is 12.6. The molecule has 0 saturated heterocycles. The van der Waals surface area contributed by atoms with Crippen molar-refractivity contribution in [2.45, 2.75) is 32.4 Å². The first-order valence-electron chi connectivity index (χ1n) is 5.93. The van der Waals surface area contributed by atoms with Crippen LogP contribution in [-0.4, -0.2) is 31.7 Å². The Bertz CT molecular complexity index is 502. The van der Waals surface area contributed by atoms with Gasteiger partial charge < -0.3 is 10.4 Å². The maximum atomic E-state index is 9.97.